The number of rotatable bonds is 6. The van der Waals surface area contributed by atoms with Crippen LogP contribution < -0.4 is 16.0 Å². The molecule has 1 aromatic carbocycles. The predicted molar refractivity (Wildman–Crippen MR) is 123 cm³/mol. The predicted octanol–water partition coefficient (Wildman–Crippen LogP) is 1.08. The third-order valence-corrected chi connectivity index (χ3v) is 7.38. The highest BCUT2D eigenvalue weighted by atomic mass is 79.9. The number of nitrogens with zero attached hydrogens (tertiary/aromatic N) is 1. The Bertz CT molecular complexity index is 1120. The van der Waals surface area contributed by atoms with Crippen LogP contribution in [0.5, 0.6) is 0 Å². The molecule has 3 unspecified atom stereocenters. The number of ketones is 1. The molecule has 10 heteroatoms. The first-order valence-electron chi connectivity index (χ1n) is 9.62. The lowest BCUT2D eigenvalue weighted by atomic mass is 10.0. The normalized spacial score (nSPS) is 22.9. The van der Waals surface area contributed by atoms with E-state index in [1.165, 1.54) is 6.08 Å². The number of carbonyl (C=O) groups is 4. The van der Waals surface area contributed by atoms with Crippen molar-refractivity contribution in [2.75, 3.05) is 12.3 Å². The molecule has 3 atom stereocenters. The standard InChI is InChI=1S/C21H19BrN4O4S/c1-2-31-10-12(16-14(27)8-15(22)25-21(16)31)18(28)26-17(11-6-4-3-5-7-11)20(30)24-13-9-23-19(13)29/h3-8,10,13,17H,2,9H2,1H3,(H,23,29)(H,24,30)(H,26,28). The second kappa shape index (κ2) is 8.72. The number of carbonyl (C=O) groups excluding carboxylic acids is 4. The van der Waals surface area contributed by atoms with E-state index in [2.05, 4.69) is 36.9 Å². The molecule has 31 heavy (non-hydrogen) atoms. The maximum atomic E-state index is 13.2. The molecule has 160 valence electrons. The first kappa shape index (κ1) is 21.4. The zero-order chi connectivity index (χ0) is 22.1. The van der Waals surface area contributed by atoms with Gasteiger partial charge in [0.05, 0.1) is 11.1 Å². The van der Waals surface area contributed by atoms with Crippen molar-refractivity contribution in [3.05, 3.63) is 57.7 Å². The maximum Gasteiger partial charge on any atom is 0.253 e. The van der Waals surface area contributed by atoms with Crippen molar-refractivity contribution in [1.29, 1.82) is 0 Å². The number of fused-ring (bicyclic) bond motifs is 1. The maximum absolute atomic E-state index is 13.2. The molecule has 3 amide bonds. The summed E-state index contributed by atoms with van der Waals surface area (Å²) in [5.41, 5.74) is 1.06. The number of allylic oxidation sites excluding steroid dienone is 1. The molecule has 1 aromatic rings. The van der Waals surface area contributed by atoms with E-state index in [0.717, 1.165) is 0 Å². The van der Waals surface area contributed by atoms with E-state index in [9.17, 15) is 19.2 Å². The summed E-state index contributed by atoms with van der Waals surface area (Å²) in [6.45, 7) is 2.30. The highest BCUT2D eigenvalue weighted by Crippen LogP contribution is 2.35. The smallest absolute Gasteiger partial charge is 0.253 e. The van der Waals surface area contributed by atoms with Gasteiger partial charge in [0.2, 0.25) is 11.8 Å². The second-order valence-corrected chi connectivity index (χ2v) is 9.87. The Morgan fingerprint density at radius 1 is 1.29 bits per heavy atom. The van der Waals surface area contributed by atoms with Gasteiger partial charge in [-0.2, -0.15) is 0 Å². The zero-order valence-corrected chi connectivity index (χ0v) is 18.9. The van der Waals surface area contributed by atoms with Gasteiger partial charge in [0.15, 0.2) is 5.78 Å². The quantitative estimate of drug-likeness (QED) is 0.306. The summed E-state index contributed by atoms with van der Waals surface area (Å²) < 4.78 is 0.428. The van der Waals surface area contributed by atoms with Crippen LogP contribution in [0.15, 0.2) is 57.2 Å². The topological polar surface area (TPSA) is 117 Å². The van der Waals surface area contributed by atoms with Gasteiger partial charge < -0.3 is 16.0 Å². The lowest BCUT2D eigenvalue weighted by molar-refractivity contribution is -0.134. The van der Waals surface area contributed by atoms with E-state index in [1.54, 1.807) is 35.7 Å². The van der Waals surface area contributed by atoms with Gasteiger partial charge in [0, 0.05) is 12.6 Å². The highest BCUT2D eigenvalue weighted by Gasteiger charge is 2.36. The Kier molecular flexibility index (Phi) is 6.01. The minimum absolute atomic E-state index is 0.223. The van der Waals surface area contributed by atoms with Gasteiger partial charge in [-0.15, -0.1) is 10.5 Å². The van der Waals surface area contributed by atoms with Gasteiger partial charge in [-0.25, -0.2) is 4.99 Å². The average Bonchev–Trinajstić information content (AvgIpc) is 3.14. The summed E-state index contributed by atoms with van der Waals surface area (Å²) in [6.07, 6.45) is 1.33. The fourth-order valence-corrected chi connectivity index (χ4v) is 5.62. The van der Waals surface area contributed by atoms with Gasteiger partial charge in [0.25, 0.3) is 5.91 Å². The number of benzene rings is 1. The van der Waals surface area contributed by atoms with Crippen LogP contribution in [0.3, 0.4) is 0 Å². The molecule has 0 radical (unpaired) electrons. The lowest BCUT2D eigenvalue weighted by Crippen LogP contribution is -2.63. The SMILES string of the molecule is CCS1=CC(C(=O)NC(C(=O)NC2CNC2=O)c2ccccc2)=C2C(=O)C=C(Br)N=C21. The van der Waals surface area contributed by atoms with E-state index in [-0.39, 0.29) is 22.8 Å². The summed E-state index contributed by atoms with van der Waals surface area (Å²) in [5, 5.41) is 10.3. The Morgan fingerprint density at radius 3 is 2.65 bits per heavy atom. The number of hydrogen-bond donors (Lipinski definition) is 3. The third kappa shape index (κ3) is 4.17. The molecular weight excluding hydrogens is 484 g/mol. The van der Waals surface area contributed by atoms with E-state index in [0.29, 0.717) is 27.5 Å². The number of halogens is 1. The minimum Gasteiger partial charge on any atom is -0.352 e. The first-order chi connectivity index (χ1) is 14.9. The molecule has 4 rings (SSSR count). The van der Waals surface area contributed by atoms with E-state index >= 15 is 0 Å². The van der Waals surface area contributed by atoms with Crippen LogP contribution in [0, 0.1) is 0 Å². The Balaban J connectivity index is 1.64. The van der Waals surface area contributed by atoms with Crippen LogP contribution in [-0.2, 0) is 19.2 Å². The summed E-state index contributed by atoms with van der Waals surface area (Å²) in [6, 6.07) is 7.11. The van der Waals surface area contributed by atoms with Crippen LogP contribution in [-0.4, -0.2) is 52.3 Å². The molecule has 3 heterocycles. The van der Waals surface area contributed by atoms with E-state index in [1.807, 2.05) is 6.92 Å². The van der Waals surface area contributed by atoms with Crippen molar-refractivity contribution < 1.29 is 19.2 Å². The first-order valence-corrected chi connectivity index (χ1v) is 11.9. The summed E-state index contributed by atoms with van der Waals surface area (Å²) in [7, 11) is -0.474. The fraction of sp³-hybridized carbons (Fsp3) is 0.238. The Labute approximate surface area is 189 Å². The van der Waals surface area contributed by atoms with Crippen LogP contribution >= 0.6 is 26.4 Å². The third-order valence-electron chi connectivity index (χ3n) is 5.04. The van der Waals surface area contributed by atoms with Gasteiger partial charge in [-0.1, -0.05) is 37.3 Å². The van der Waals surface area contributed by atoms with Crippen molar-refractivity contribution in [1.82, 2.24) is 16.0 Å². The molecule has 0 aliphatic carbocycles. The molecule has 3 aliphatic heterocycles. The van der Waals surface area contributed by atoms with Gasteiger partial charge in [-0.3, -0.25) is 19.2 Å². The van der Waals surface area contributed by atoms with Crippen molar-refractivity contribution >= 4 is 60.3 Å². The molecule has 3 aliphatic rings. The largest absolute Gasteiger partial charge is 0.352 e. The van der Waals surface area contributed by atoms with Crippen LogP contribution in [0.25, 0.3) is 0 Å². The van der Waals surface area contributed by atoms with Gasteiger partial charge in [0.1, 0.15) is 21.7 Å². The molecule has 1 fully saturated rings. The second-order valence-electron chi connectivity index (χ2n) is 7.00. The minimum atomic E-state index is -1.02. The number of hydrogen-bond acceptors (Lipinski definition) is 5. The lowest BCUT2D eigenvalue weighted by Gasteiger charge is -2.29. The number of nitrogens with one attached hydrogen (secondary N) is 3. The monoisotopic (exact) mass is 502 g/mol. The molecule has 3 N–H and O–H groups in total. The summed E-state index contributed by atoms with van der Waals surface area (Å²) >= 11 is 3.24. The molecule has 0 aromatic heterocycles. The van der Waals surface area contributed by atoms with Crippen molar-refractivity contribution in [3.8, 4) is 0 Å². The highest BCUT2D eigenvalue weighted by molar-refractivity contribution is 9.11. The average molecular weight is 503 g/mol. The number of amides is 3. The van der Waals surface area contributed by atoms with Gasteiger partial charge in [-0.05, 0) is 32.6 Å². The Morgan fingerprint density at radius 2 is 2.03 bits per heavy atom. The van der Waals surface area contributed by atoms with Crippen molar-refractivity contribution in [3.63, 3.8) is 0 Å². The molecule has 1 saturated heterocycles. The molecule has 0 bridgehead atoms. The van der Waals surface area contributed by atoms with Crippen LogP contribution in [0.4, 0.5) is 0 Å². The van der Waals surface area contributed by atoms with Crippen LogP contribution in [0.2, 0.25) is 0 Å². The summed E-state index contributed by atoms with van der Waals surface area (Å²) in [4.78, 5) is 54.7. The number of β-lactam (4-membered cyclic amide) rings is 1. The molecule has 0 saturated carbocycles. The Hall–Kier alpha value is -2.85. The molecule has 0 spiro atoms. The van der Waals surface area contributed by atoms with Gasteiger partial charge >= 0.3 is 0 Å². The van der Waals surface area contributed by atoms with Crippen molar-refractivity contribution in [2.24, 2.45) is 4.99 Å². The number of aliphatic imine (C=N–C) groups is 1. The van der Waals surface area contributed by atoms with Crippen molar-refractivity contribution in [2.45, 2.75) is 19.0 Å². The van der Waals surface area contributed by atoms with E-state index < -0.39 is 34.4 Å². The molecule has 8 nitrogen and oxygen atoms in total. The molecular formula is C21H19BrN4O4S. The van der Waals surface area contributed by atoms with E-state index in [4.69, 9.17) is 0 Å². The fourth-order valence-electron chi connectivity index (χ4n) is 3.37. The zero-order valence-electron chi connectivity index (χ0n) is 16.5. The van der Waals surface area contributed by atoms with Crippen LogP contribution in [0.1, 0.15) is 18.5 Å². The summed E-state index contributed by atoms with van der Waals surface area (Å²) in [5.74, 6) is -0.893.